The SMILES string of the molecule is CC(C)[C@H](NC(=O)OCc1ccccc1)C(=O)CNC(=O)OC(C)(C)C. The van der Waals surface area contributed by atoms with Crippen LogP contribution in [-0.4, -0.2) is 36.2 Å². The van der Waals surface area contributed by atoms with Crippen LogP contribution in [0.3, 0.4) is 0 Å². The van der Waals surface area contributed by atoms with Crippen LogP contribution < -0.4 is 10.6 Å². The first-order valence-corrected chi connectivity index (χ1v) is 8.55. The highest BCUT2D eigenvalue weighted by atomic mass is 16.6. The lowest BCUT2D eigenvalue weighted by atomic mass is 10.00. The van der Waals surface area contributed by atoms with Gasteiger partial charge in [0.15, 0.2) is 5.78 Å². The number of ether oxygens (including phenoxy) is 2. The molecule has 1 aromatic rings. The van der Waals surface area contributed by atoms with Gasteiger partial charge in [-0.2, -0.15) is 0 Å². The third-order valence-corrected chi connectivity index (χ3v) is 3.31. The van der Waals surface area contributed by atoms with Crippen molar-refractivity contribution < 1.29 is 23.9 Å². The van der Waals surface area contributed by atoms with Crippen molar-refractivity contribution in [3.63, 3.8) is 0 Å². The zero-order valence-electron chi connectivity index (χ0n) is 16.0. The molecule has 0 heterocycles. The lowest BCUT2D eigenvalue weighted by Gasteiger charge is -2.22. The van der Waals surface area contributed by atoms with Crippen LogP contribution in [0.5, 0.6) is 0 Å². The van der Waals surface area contributed by atoms with E-state index >= 15 is 0 Å². The molecule has 7 nitrogen and oxygen atoms in total. The van der Waals surface area contributed by atoms with Crippen molar-refractivity contribution in [1.82, 2.24) is 10.6 Å². The lowest BCUT2D eigenvalue weighted by molar-refractivity contribution is -0.121. The average molecular weight is 364 g/mol. The molecule has 0 bridgehead atoms. The van der Waals surface area contributed by atoms with Gasteiger partial charge in [0.2, 0.25) is 0 Å². The summed E-state index contributed by atoms with van der Waals surface area (Å²) in [5.41, 5.74) is 0.200. The third kappa shape index (κ3) is 8.50. The molecule has 1 aromatic carbocycles. The fourth-order valence-electron chi connectivity index (χ4n) is 2.09. The van der Waals surface area contributed by atoms with E-state index in [4.69, 9.17) is 9.47 Å². The summed E-state index contributed by atoms with van der Waals surface area (Å²) in [6.45, 7) is 8.67. The molecule has 0 unspecified atom stereocenters. The van der Waals surface area contributed by atoms with E-state index in [0.717, 1.165) is 5.56 Å². The van der Waals surface area contributed by atoms with Crippen molar-refractivity contribution in [2.45, 2.75) is 52.9 Å². The number of rotatable bonds is 7. The van der Waals surface area contributed by atoms with Crippen LogP contribution in [0.4, 0.5) is 9.59 Å². The summed E-state index contributed by atoms with van der Waals surface area (Å²) in [5, 5.41) is 4.96. The zero-order chi connectivity index (χ0) is 19.7. The molecule has 0 saturated heterocycles. The lowest BCUT2D eigenvalue weighted by Crippen LogP contribution is -2.48. The minimum absolute atomic E-state index is 0.113. The van der Waals surface area contributed by atoms with E-state index in [-0.39, 0.29) is 24.9 Å². The smallest absolute Gasteiger partial charge is 0.408 e. The van der Waals surface area contributed by atoms with Crippen molar-refractivity contribution in [2.75, 3.05) is 6.54 Å². The number of alkyl carbamates (subject to hydrolysis) is 2. The van der Waals surface area contributed by atoms with Gasteiger partial charge in [-0.3, -0.25) is 4.79 Å². The van der Waals surface area contributed by atoms with Crippen LogP contribution in [0.15, 0.2) is 30.3 Å². The number of ketones is 1. The van der Waals surface area contributed by atoms with Crippen molar-refractivity contribution >= 4 is 18.0 Å². The van der Waals surface area contributed by atoms with Gasteiger partial charge in [-0.15, -0.1) is 0 Å². The Balaban J connectivity index is 2.49. The molecule has 0 aromatic heterocycles. The Morgan fingerprint density at radius 2 is 1.65 bits per heavy atom. The number of carbonyl (C=O) groups is 3. The van der Waals surface area contributed by atoms with Crippen molar-refractivity contribution in [2.24, 2.45) is 5.92 Å². The van der Waals surface area contributed by atoms with E-state index < -0.39 is 23.8 Å². The van der Waals surface area contributed by atoms with Gasteiger partial charge in [0, 0.05) is 0 Å². The minimum atomic E-state index is -0.770. The van der Waals surface area contributed by atoms with Gasteiger partial charge >= 0.3 is 12.2 Å². The fourth-order valence-corrected chi connectivity index (χ4v) is 2.09. The Hall–Kier alpha value is -2.57. The summed E-state index contributed by atoms with van der Waals surface area (Å²) >= 11 is 0. The van der Waals surface area contributed by atoms with Gasteiger partial charge in [-0.1, -0.05) is 44.2 Å². The second-order valence-corrected chi connectivity index (χ2v) is 7.25. The predicted octanol–water partition coefficient (Wildman–Crippen LogP) is 3.03. The van der Waals surface area contributed by atoms with Crippen molar-refractivity contribution in [3.05, 3.63) is 35.9 Å². The molecule has 7 heteroatoms. The van der Waals surface area contributed by atoms with Crippen LogP contribution in [0.25, 0.3) is 0 Å². The summed E-state index contributed by atoms with van der Waals surface area (Å²) in [7, 11) is 0. The molecular weight excluding hydrogens is 336 g/mol. The number of nitrogens with one attached hydrogen (secondary N) is 2. The molecule has 0 aliphatic rings. The summed E-state index contributed by atoms with van der Waals surface area (Å²) in [6.07, 6.45) is -1.36. The third-order valence-electron chi connectivity index (χ3n) is 3.31. The van der Waals surface area contributed by atoms with E-state index in [2.05, 4.69) is 10.6 Å². The van der Waals surface area contributed by atoms with Gasteiger partial charge in [0.1, 0.15) is 12.2 Å². The molecule has 144 valence electrons. The van der Waals surface area contributed by atoms with E-state index in [1.165, 1.54) is 0 Å². The Morgan fingerprint density at radius 1 is 1.04 bits per heavy atom. The number of Topliss-reactive ketones (excluding diaryl/α,β-unsaturated/α-hetero) is 1. The van der Waals surface area contributed by atoms with E-state index in [1.807, 2.05) is 30.3 Å². The monoisotopic (exact) mass is 364 g/mol. The number of carbonyl (C=O) groups excluding carboxylic acids is 3. The maximum Gasteiger partial charge on any atom is 0.408 e. The van der Waals surface area contributed by atoms with Crippen LogP contribution in [0, 0.1) is 5.92 Å². The first-order chi connectivity index (χ1) is 12.1. The van der Waals surface area contributed by atoms with Gasteiger partial charge in [-0.25, -0.2) is 9.59 Å². The molecule has 0 radical (unpaired) electrons. The number of hydrogen-bond donors (Lipinski definition) is 2. The van der Waals surface area contributed by atoms with Crippen LogP contribution in [-0.2, 0) is 20.9 Å². The van der Waals surface area contributed by atoms with Crippen molar-refractivity contribution in [1.29, 1.82) is 0 Å². The highest BCUT2D eigenvalue weighted by molar-refractivity contribution is 5.91. The Labute approximate surface area is 154 Å². The highest BCUT2D eigenvalue weighted by Crippen LogP contribution is 2.07. The van der Waals surface area contributed by atoms with Gasteiger partial charge in [-0.05, 0) is 32.3 Å². The van der Waals surface area contributed by atoms with Crippen LogP contribution in [0.1, 0.15) is 40.2 Å². The minimum Gasteiger partial charge on any atom is -0.445 e. The maximum atomic E-state index is 12.3. The molecular formula is C19H28N2O5. The number of hydrogen-bond acceptors (Lipinski definition) is 5. The van der Waals surface area contributed by atoms with E-state index in [1.54, 1.807) is 34.6 Å². The maximum absolute atomic E-state index is 12.3. The largest absolute Gasteiger partial charge is 0.445 e. The standard InChI is InChI=1S/C19H28N2O5/c1-13(2)16(15(22)11-20-17(23)26-19(3,4)5)21-18(24)25-12-14-9-7-6-8-10-14/h6-10,13,16H,11-12H2,1-5H3,(H,20,23)(H,21,24)/t16-/m0/s1. The molecule has 0 aliphatic carbocycles. The highest BCUT2D eigenvalue weighted by Gasteiger charge is 2.25. The van der Waals surface area contributed by atoms with Gasteiger partial charge in [0.05, 0.1) is 12.6 Å². The quantitative estimate of drug-likeness (QED) is 0.776. The zero-order valence-corrected chi connectivity index (χ0v) is 16.0. The molecule has 1 rings (SSSR count). The summed E-state index contributed by atoms with van der Waals surface area (Å²) in [5.74, 6) is -0.491. The topological polar surface area (TPSA) is 93.7 Å². The molecule has 26 heavy (non-hydrogen) atoms. The second-order valence-electron chi connectivity index (χ2n) is 7.25. The fraction of sp³-hybridized carbons (Fsp3) is 0.526. The molecule has 2 amide bonds. The number of amides is 2. The summed E-state index contributed by atoms with van der Waals surface area (Å²) in [6, 6.07) is 8.47. The predicted molar refractivity (Wildman–Crippen MR) is 97.6 cm³/mol. The van der Waals surface area contributed by atoms with Gasteiger partial charge in [0.25, 0.3) is 0 Å². The number of benzene rings is 1. The second kappa shape index (κ2) is 9.79. The first-order valence-electron chi connectivity index (χ1n) is 8.55. The van der Waals surface area contributed by atoms with Crippen molar-refractivity contribution in [3.8, 4) is 0 Å². The van der Waals surface area contributed by atoms with Crippen LogP contribution >= 0.6 is 0 Å². The molecule has 2 N–H and O–H groups in total. The molecule has 0 saturated carbocycles. The first kappa shape index (κ1) is 21.5. The van der Waals surface area contributed by atoms with E-state index in [9.17, 15) is 14.4 Å². The Bertz CT molecular complexity index is 608. The summed E-state index contributed by atoms with van der Waals surface area (Å²) < 4.78 is 10.2. The summed E-state index contributed by atoms with van der Waals surface area (Å²) in [4.78, 5) is 35.9. The normalized spacial score (nSPS) is 12.2. The Kier molecular flexibility index (Phi) is 8.09. The van der Waals surface area contributed by atoms with Gasteiger partial charge < -0.3 is 20.1 Å². The molecule has 1 atom stereocenters. The van der Waals surface area contributed by atoms with Crippen LogP contribution in [0.2, 0.25) is 0 Å². The average Bonchev–Trinajstić information content (AvgIpc) is 2.55. The Morgan fingerprint density at radius 3 is 2.19 bits per heavy atom. The molecule has 0 aliphatic heterocycles. The van der Waals surface area contributed by atoms with E-state index in [0.29, 0.717) is 0 Å². The molecule has 0 spiro atoms. The molecule has 0 fully saturated rings.